The molecule has 0 aromatic heterocycles. The second kappa shape index (κ2) is 13.9. The highest BCUT2D eigenvalue weighted by atomic mass is 28.3. The summed E-state index contributed by atoms with van der Waals surface area (Å²) in [4.78, 5) is 0. The van der Waals surface area contributed by atoms with Gasteiger partial charge in [-0.1, -0.05) is 6.55 Å². The van der Waals surface area contributed by atoms with Crippen LogP contribution in [0.15, 0.2) is 0 Å². The Kier molecular flexibility index (Phi) is 13.4. The van der Waals surface area contributed by atoms with E-state index in [4.69, 9.17) is 5.40 Å². The molecule has 0 spiro atoms. The van der Waals surface area contributed by atoms with Gasteiger partial charge in [-0.3, -0.25) is 0 Å². The highest BCUT2D eigenvalue weighted by Crippen LogP contribution is 2.66. The summed E-state index contributed by atoms with van der Waals surface area (Å²) in [7, 11) is -5.49. The molecule has 2 N–H and O–H groups in total. The van der Waals surface area contributed by atoms with Gasteiger partial charge < -0.3 is 5.40 Å². The third kappa shape index (κ3) is 7.60. The quantitative estimate of drug-likeness (QED) is 0.108. The van der Waals surface area contributed by atoms with Crippen molar-refractivity contribution in [2.24, 2.45) is 5.40 Å². The summed E-state index contributed by atoms with van der Waals surface area (Å²) < 4.78 is 454. The van der Waals surface area contributed by atoms with E-state index < -0.39 is 128 Å². The molecule has 57 heavy (non-hydrogen) atoms. The molecule has 0 radical (unpaired) electrons. The van der Waals surface area contributed by atoms with Crippen molar-refractivity contribution in [1.82, 2.24) is 0 Å². The van der Waals surface area contributed by atoms with Crippen LogP contribution >= 0.6 is 0 Å². The molecule has 0 rings (SSSR count). The molecule has 0 bridgehead atoms. The average molecular weight is 953 g/mol. The van der Waals surface area contributed by atoms with Crippen molar-refractivity contribution >= 4 is 8.24 Å². The third-order valence-electron chi connectivity index (χ3n) is 7.59. The van der Waals surface area contributed by atoms with Crippen LogP contribution in [0.5, 0.6) is 0 Å². The lowest BCUT2D eigenvalue weighted by molar-refractivity contribution is -0.461. The Morgan fingerprint density at radius 3 is 0.561 bits per heavy atom. The third-order valence-corrected chi connectivity index (χ3v) is 10.4. The molecule has 344 valence electrons. The van der Waals surface area contributed by atoms with Crippen LogP contribution in [-0.4, -0.2) is 104 Å². The average Bonchev–Trinajstić information content (AvgIpc) is 2.96. The number of halogens is 34. The van der Waals surface area contributed by atoms with E-state index in [-0.39, 0.29) is 6.55 Å². The van der Waals surface area contributed by atoms with Crippen molar-refractivity contribution in [3.8, 4) is 0 Å². The molecule has 0 saturated heterocycles. The Bertz CT molecular complexity index is 1310. The predicted molar refractivity (Wildman–Crippen MR) is 116 cm³/mol. The summed E-state index contributed by atoms with van der Waals surface area (Å²) in [6, 6.07) is -5.14. The van der Waals surface area contributed by atoms with Crippen molar-refractivity contribution in [2.75, 3.05) is 0 Å². The molecule has 36 heteroatoms. The summed E-state index contributed by atoms with van der Waals surface area (Å²) in [5.74, 6) is -120. The smallest absolute Gasteiger partial charge is 0.351 e. The topological polar surface area (TPSA) is 26.0 Å². The van der Waals surface area contributed by atoms with E-state index in [9.17, 15) is 149 Å². The van der Waals surface area contributed by atoms with Crippen molar-refractivity contribution in [3.05, 3.63) is 0 Å². The number of hydrogen-bond acceptors (Lipinski definition) is 1. The first kappa shape index (κ1) is 54.8. The number of hydrogen-bond donors (Lipinski definition) is 1. The molecular formula is C21H13F34NSi. The summed E-state index contributed by atoms with van der Waals surface area (Å²) in [5, 5.41) is 4.93. The molecule has 0 aromatic carbocycles. The summed E-state index contributed by atoms with van der Waals surface area (Å²) >= 11 is 0. The van der Waals surface area contributed by atoms with Crippen LogP contribution in [0.25, 0.3) is 0 Å². The van der Waals surface area contributed by atoms with Crippen molar-refractivity contribution < 1.29 is 149 Å². The van der Waals surface area contributed by atoms with Gasteiger partial charge in [0.2, 0.25) is 0 Å². The van der Waals surface area contributed by atoms with Gasteiger partial charge >= 0.3 is 95.3 Å². The molecular weight excluding hydrogens is 940 g/mol. The normalized spacial score (nSPS) is 17.1. The van der Waals surface area contributed by atoms with E-state index in [2.05, 4.69) is 0 Å². The maximum Gasteiger partial charge on any atom is 0.460 e. The maximum absolute atomic E-state index is 14.1. The van der Waals surface area contributed by atoms with Crippen LogP contribution in [-0.2, 0) is 0 Å². The highest BCUT2D eigenvalue weighted by Gasteiger charge is 2.97. The molecule has 0 aromatic rings. The van der Waals surface area contributed by atoms with Crippen molar-refractivity contribution in [1.29, 1.82) is 0 Å². The Morgan fingerprint density at radius 1 is 0.263 bits per heavy atom. The molecule has 0 unspecified atom stereocenters. The molecule has 0 fully saturated rings. The van der Waals surface area contributed by atoms with E-state index >= 15 is 0 Å². The van der Waals surface area contributed by atoms with Gasteiger partial charge in [0, 0.05) is 12.8 Å². The fourth-order valence-corrected chi connectivity index (χ4v) is 5.74. The first-order chi connectivity index (χ1) is 23.9. The van der Waals surface area contributed by atoms with Gasteiger partial charge in [0.05, 0.1) is 0 Å². The monoisotopic (exact) mass is 953 g/mol. The summed E-state index contributed by atoms with van der Waals surface area (Å²) in [5.41, 5.74) is 0. The first-order valence-corrected chi connectivity index (χ1v) is 16.1. The minimum absolute atomic E-state index is 0.156. The van der Waals surface area contributed by atoms with Crippen LogP contribution in [0.1, 0.15) is 12.8 Å². The van der Waals surface area contributed by atoms with Crippen molar-refractivity contribution in [3.63, 3.8) is 0 Å². The Morgan fingerprint density at radius 2 is 0.404 bits per heavy atom. The summed E-state index contributed by atoms with van der Waals surface area (Å²) in [6.45, 7) is -0.156. The minimum Gasteiger partial charge on any atom is -0.351 e. The maximum atomic E-state index is 14.1. The van der Waals surface area contributed by atoms with E-state index in [1.165, 1.54) is 0 Å². The summed E-state index contributed by atoms with van der Waals surface area (Å²) in [6.07, 6.45) is -23.3. The first-order valence-electron chi connectivity index (χ1n) is 13.1. The second-order valence-electron chi connectivity index (χ2n) is 12.0. The van der Waals surface area contributed by atoms with E-state index in [0.29, 0.717) is 0 Å². The zero-order valence-electron chi connectivity index (χ0n) is 25.8. The molecule has 0 amide bonds. The molecule has 0 aliphatic carbocycles. The highest BCUT2D eigenvalue weighted by molar-refractivity contribution is 6.75. The molecule has 0 saturated carbocycles. The Balaban J connectivity index is 6.66. The molecule has 0 atom stereocenters. The lowest BCUT2D eigenvalue weighted by Gasteiger charge is -2.43. The fourth-order valence-electron chi connectivity index (χ4n) is 3.72. The van der Waals surface area contributed by atoms with Crippen LogP contribution in [0.3, 0.4) is 0 Å². The standard InChI is InChI=1S/C21H13F34NSi/c1-57(56,4-2-6(22,23)8(26,27)10(30,31)12(34,35)14(38,39)16(42,43)18(46,47)20(50,51)52)5-3-7(24,25)9(28,29)11(32,33)13(36,37)15(40,41)17(44,45)19(48,49)21(53,54)55/h2-5,56H2,1H3. The molecule has 0 heterocycles. The molecule has 0 aliphatic heterocycles. The number of alkyl halides is 34. The van der Waals surface area contributed by atoms with Gasteiger partial charge in [-0.25, -0.2) is 0 Å². The van der Waals surface area contributed by atoms with Gasteiger partial charge in [0.15, 0.2) is 0 Å². The Hall–Kier alpha value is -2.20. The van der Waals surface area contributed by atoms with Gasteiger partial charge in [0.25, 0.3) is 0 Å². The van der Waals surface area contributed by atoms with E-state index in [1.54, 1.807) is 0 Å². The largest absolute Gasteiger partial charge is 0.460 e. The van der Waals surface area contributed by atoms with Crippen LogP contribution in [0.4, 0.5) is 149 Å². The lowest BCUT2D eigenvalue weighted by atomic mass is 9.88. The van der Waals surface area contributed by atoms with Crippen LogP contribution in [0, 0.1) is 0 Å². The number of nitrogens with two attached hydrogens (primary N) is 1. The van der Waals surface area contributed by atoms with Crippen molar-refractivity contribution in [2.45, 2.75) is 127 Å². The Labute approximate surface area is 290 Å². The predicted octanol–water partition coefficient (Wildman–Crippen LogP) is 12.3. The fraction of sp³-hybridized carbons (Fsp3) is 1.00. The van der Waals surface area contributed by atoms with Crippen LogP contribution < -0.4 is 5.40 Å². The zero-order valence-corrected chi connectivity index (χ0v) is 26.8. The minimum atomic E-state index is -9.10. The van der Waals surface area contributed by atoms with Crippen LogP contribution in [0.2, 0.25) is 18.6 Å². The molecule has 1 nitrogen and oxygen atoms in total. The lowest BCUT2D eigenvalue weighted by Crippen LogP contribution is -2.74. The number of rotatable bonds is 18. The van der Waals surface area contributed by atoms with Gasteiger partial charge in [-0.2, -0.15) is 149 Å². The second-order valence-corrected chi connectivity index (χ2v) is 16.3. The zero-order chi connectivity index (χ0) is 47.3. The SMILES string of the molecule is C[Si](N)(CCC(F)(F)C(F)(F)C(F)(F)C(F)(F)C(F)(F)C(F)(F)C(F)(F)C(F)(F)F)CCC(F)(F)C(F)(F)C(F)(F)C(F)(F)C(F)(F)C(F)(F)C(F)(F)C(F)(F)F. The van der Waals surface area contributed by atoms with Gasteiger partial charge in [-0.05, 0) is 12.1 Å². The van der Waals surface area contributed by atoms with Gasteiger partial charge in [0.1, 0.15) is 8.24 Å². The van der Waals surface area contributed by atoms with Gasteiger partial charge in [-0.15, -0.1) is 0 Å². The van der Waals surface area contributed by atoms with E-state index in [1.807, 2.05) is 0 Å². The van der Waals surface area contributed by atoms with E-state index in [0.717, 1.165) is 0 Å². The molecule has 0 aliphatic rings.